The monoisotopic (exact) mass is 344 g/mol. The fraction of sp³-hybridized carbons (Fsp3) is 0.474. The average Bonchev–Trinajstić information content (AvgIpc) is 2.64. The number of halogens is 1. The van der Waals surface area contributed by atoms with Crippen molar-refractivity contribution in [2.45, 2.75) is 38.8 Å². The summed E-state index contributed by atoms with van der Waals surface area (Å²) in [5.41, 5.74) is 1.55. The maximum atomic E-state index is 13.7. The topological polar surface area (TPSA) is 52.5 Å². The molecule has 0 amide bonds. The van der Waals surface area contributed by atoms with Crippen molar-refractivity contribution in [3.8, 4) is 0 Å². The molecule has 1 fully saturated rings. The predicted molar refractivity (Wildman–Crippen MR) is 97.3 cm³/mol. The minimum Gasteiger partial charge on any atom is -0.394 e. The molecule has 1 aromatic heterocycles. The summed E-state index contributed by atoms with van der Waals surface area (Å²) in [6.45, 7) is 3.36. The number of benzene rings is 1. The quantitative estimate of drug-likeness (QED) is 0.904. The molecule has 6 heteroatoms. The molecule has 1 saturated heterocycles. The highest BCUT2D eigenvalue weighted by Gasteiger charge is 2.23. The Balaban J connectivity index is 1.76. The number of aromatic nitrogens is 2. The Bertz CT molecular complexity index is 724. The lowest BCUT2D eigenvalue weighted by Crippen LogP contribution is -2.42. The van der Waals surface area contributed by atoms with E-state index in [1.165, 1.54) is 0 Å². The molecule has 1 aliphatic heterocycles. The van der Waals surface area contributed by atoms with Crippen molar-refractivity contribution in [3.63, 3.8) is 0 Å². The third-order valence-corrected chi connectivity index (χ3v) is 4.82. The zero-order valence-electron chi connectivity index (χ0n) is 14.8. The molecular weight excluding hydrogens is 319 g/mol. The average molecular weight is 344 g/mol. The van der Waals surface area contributed by atoms with Crippen molar-refractivity contribution in [3.05, 3.63) is 47.5 Å². The molecule has 3 rings (SSSR count). The van der Waals surface area contributed by atoms with Crippen molar-refractivity contribution < 1.29 is 9.50 Å². The van der Waals surface area contributed by atoms with Crippen LogP contribution in [0.4, 0.5) is 16.0 Å². The van der Waals surface area contributed by atoms with Gasteiger partial charge < -0.3 is 14.9 Å². The van der Waals surface area contributed by atoms with Crippen LogP contribution in [0.2, 0.25) is 0 Å². The lowest BCUT2D eigenvalue weighted by atomic mass is 10.0. The molecule has 0 spiro atoms. The van der Waals surface area contributed by atoms with Gasteiger partial charge in [-0.1, -0.05) is 12.1 Å². The molecule has 1 unspecified atom stereocenters. The highest BCUT2D eigenvalue weighted by Crippen LogP contribution is 2.25. The lowest BCUT2D eigenvalue weighted by Gasteiger charge is -2.35. The molecular formula is C19H25FN4O. The van der Waals surface area contributed by atoms with Gasteiger partial charge in [-0.15, -0.1) is 0 Å². The van der Waals surface area contributed by atoms with Gasteiger partial charge in [-0.25, -0.2) is 14.4 Å². The molecule has 1 aliphatic rings. The second-order valence-corrected chi connectivity index (χ2v) is 6.70. The fourth-order valence-corrected chi connectivity index (χ4v) is 3.28. The maximum absolute atomic E-state index is 13.7. The Labute approximate surface area is 148 Å². The molecule has 1 N–H and O–H groups in total. The molecule has 1 aromatic carbocycles. The first-order valence-corrected chi connectivity index (χ1v) is 8.74. The summed E-state index contributed by atoms with van der Waals surface area (Å²) in [7, 11) is 1.93. The molecule has 0 saturated carbocycles. The molecule has 2 aromatic rings. The van der Waals surface area contributed by atoms with Crippen LogP contribution in [-0.2, 0) is 6.54 Å². The number of aryl methyl sites for hydroxylation is 1. The van der Waals surface area contributed by atoms with E-state index in [4.69, 9.17) is 0 Å². The van der Waals surface area contributed by atoms with Crippen molar-refractivity contribution in [2.24, 2.45) is 0 Å². The minimum atomic E-state index is -0.187. The molecule has 2 heterocycles. The second kappa shape index (κ2) is 7.78. The van der Waals surface area contributed by atoms with Crippen LogP contribution < -0.4 is 9.80 Å². The first-order chi connectivity index (χ1) is 12.1. The number of hydrogen-bond acceptors (Lipinski definition) is 5. The van der Waals surface area contributed by atoms with E-state index >= 15 is 0 Å². The molecule has 25 heavy (non-hydrogen) atoms. The number of rotatable bonds is 5. The number of anilines is 2. The van der Waals surface area contributed by atoms with Crippen LogP contribution in [-0.4, -0.2) is 41.3 Å². The Kier molecular flexibility index (Phi) is 5.48. The summed E-state index contributed by atoms with van der Waals surface area (Å²) in [5, 5.41) is 9.61. The van der Waals surface area contributed by atoms with Crippen LogP contribution >= 0.6 is 0 Å². The molecule has 1 atom stereocenters. The van der Waals surface area contributed by atoms with Crippen LogP contribution in [0.5, 0.6) is 0 Å². The number of aliphatic hydroxyl groups is 1. The van der Waals surface area contributed by atoms with E-state index in [-0.39, 0.29) is 18.5 Å². The van der Waals surface area contributed by atoms with Gasteiger partial charge in [0.25, 0.3) is 0 Å². The van der Waals surface area contributed by atoms with Gasteiger partial charge in [0.1, 0.15) is 23.8 Å². The Hall–Kier alpha value is -2.21. The van der Waals surface area contributed by atoms with Gasteiger partial charge in [0.2, 0.25) is 0 Å². The molecule has 0 radical (unpaired) electrons. The SMILES string of the molecule is Cc1ccc(CN(C)c2cc(N3CCCCC3CO)ncn2)cc1F. The van der Waals surface area contributed by atoms with Crippen LogP contribution in [0, 0.1) is 12.7 Å². The van der Waals surface area contributed by atoms with Gasteiger partial charge in [0, 0.05) is 26.2 Å². The van der Waals surface area contributed by atoms with Crippen LogP contribution in [0.25, 0.3) is 0 Å². The van der Waals surface area contributed by atoms with Gasteiger partial charge in [0.15, 0.2) is 0 Å². The third-order valence-electron chi connectivity index (χ3n) is 4.82. The number of hydrogen-bond donors (Lipinski definition) is 1. The van der Waals surface area contributed by atoms with E-state index in [0.29, 0.717) is 12.1 Å². The third kappa shape index (κ3) is 4.07. The van der Waals surface area contributed by atoms with Gasteiger partial charge >= 0.3 is 0 Å². The van der Waals surface area contributed by atoms with Gasteiger partial charge in [0.05, 0.1) is 12.6 Å². The highest BCUT2D eigenvalue weighted by molar-refractivity contribution is 5.51. The van der Waals surface area contributed by atoms with Gasteiger partial charge in [-0.3, -0.25) is 0 Å². The van der Waals surface area contributed by atoms with E-state index in [1.54, 1.807) is 25.4 Å². The summed E-state index contributed by atoms with van der Waals surface area (Å²) < 4.78 is 13.7. The smallest absolute Gasteiger partial charge is 0.134 e. The zero-order valence-corrected chi connectivity index (χ0v) is 14.8. The Morgan fingerprint density at radius 1 is 1.28 bits per heavy atom. The normalized spacial score (nSPS) is 17.6. The van der Waals surface area contributed by atoms with Crippen molar-refractivity contribution >= 4 is 11.6 Å². The molecule has 5 nitrogen and oxygen atoms in total. The van der Waals surface area contributed by atoms with E-state index in [1.807, 2.05) is 24.1 Å². The van der Waals surface area contributed by atoms with E-state index in [2.05, 4.69) is 14.9 Å². The van der Waals surface area contributed by atoms with Crippen LogP contribution in [0.1, 0.15) is 30.4 Å². The van der Waals surface area contributed by atoms with Crippen LogP contribution in [0.3, 0.4) is 0 Å². The fourth-order valence-electron chi connectivity index (χ4n) is 3.28. The summed E-state index contributed by atoms with van der Waals surface area (Å²) >= 11 is 0. The summed E-state index contributed by atoms with van der Waals surface area (Å²) in [5.74, 6) is 1.44. The second-order valence-electron chi connectivity index (χ2n) is 6.70. The standard InChI is InChI=1S/C19H25FN4O/c1-14-6-7-15(9-17(14)20)11-23(2)18-10-19(22-13-21-18)24-8-4-3-5-16(24)12-25/h6-7,9-10,13,16,25H,3-5,8,11-12H2,1-2H3. The van der Waals surface area contributed by atoms with E-state index < -0.39 is 0 Å². The predicted octanol–water partition coefficient (Wildman–Crippen LogP) is 2.91. The van der Waals surface area contributed by atoms with E-state index in [9.17, 15) is 9.50 Å². The molecule has 134 valence electrons. The first-order valence-electron chi connectivity index (χ1n) is 8.74. The van der Waals surface area contributed by atoms with Crippen molar-refractivity contribution in [2.75, 3.05) is 30.0 Å². The Morgan fingerprint density at radius 2 is 2.12 bits per heavy atom. The van der Waals surface area contributed by atoms with E-state index in [0.717, 1.165) is 43.0 Å². The summed E-state index contributed by atoms with van der Waals surface area (Å²) in [6.07, 6.45) is 4.78. The van der Waals surface area contributed by atoms with Crippen molar-refractivity contribution in [1.82, 2.24) is 9.97 Å². The minimum absolute atomic E-state index is 0.119. The lowest BCUT2D eigenvalue weighted by molar-refractivity contribution is 0.239. The number of piperidine rings is 1. The zero-order chi connectivity index (χ0) is 17.8. The summed E-state index contributed by atoms with van der Waals surface area (Å²) in [4.78, 5) is 12.9. The van der Waals surface area contributed by atoms with Gasteiger partial charge in [-0.2, -0.15) is 0 Å². The van der Waals surface area contributed by atoms with Crippen LogP contribution in [0.15, 0.2) is 30.6 Å². The number of nitrogens with zero attached hydrogens (tertiary/aromatic N) is 4. The maximum Gasteiger partial charge on any atom is 0.134 e. The molecule has 0 aliphatic carbocycles. The Morgan fingerprint density at radius 3 is 2.88 bits per heavy atom. The first kappa shape index (κ1) is 17.6. The molecule has 0 bridgehead atoms. The summed E-state index contributed by atoms with van der Waals surface area (Å²) in [6, 6.07) is 7.36. The van der Waals surface area contributed by atoms with Gasteiger partial charge in [-0.05, 0) is 43.4 Å². The largest absolute Gasteiger partial charge is 0.394 e. The highest BCUT2D eigenvalue weighted by atomic mass is 19.1. The number of aliphatic hydroxyl groups excluding tert-OH is 1. The van der Waals surface area contributed by atoms with Crippen molar-refractivity contribution in [1.29, 1.82) is 0 Å².